The molecule has 4 rings (SSSR count). The van der Waals surface area contributed by atoms with E-state index in [4.69, 9.17) is 0 Å². The number of carbonyl (C=O) groups excluding carboxylic acids is 3. The second-order valence-corrected chi connectivity index (χ2v) is 7.82. The molecule has 2 aromatic carbocycles. The van der Waals surface area contributed by atoms with Crippen molar-refractivity contribution >= 4 is 34.9 Å². The highest BCUT2D eigenvalue weighted by atomic mass is 32.2. The van der Waals surface area contributed by atoms with Gasteiger partial charge in [0.1, 0.15) is 0 Å². The Bertz CT molecular complexity index is 932. The summed E-state index contributed by atoms with van der Waals surface area (Å²) in [6.45, 7) is 0.626. The van der Waals surface area contributed by atoms with Gasteiger partial charge in [0.2, 0.25) is 0 Å². The van der Waals surface area contributed by atoms with Crippen LogP contribution in [-0.2, 0) is 10.2 Å². The zero-order valence-electron chi connectivity index (χ0n) is 14.5. The van der Waals surface area contributed by atoms with Crippen LogP contribution in [0.3, 0.4) is 0 Å². The van der Waals surface area contributed by atoms with E-state index >= 15 is 0 Å². The highest BCUT2D eigenvalue weighted by Crippen LogP contribution is 2.47. The van der Waals surface area contributed by atoms with Crippen molar-refractivity contribution in [2.24, 2.45) is 0 Å². The largest absolute Gasteiger partial charge is 0.351 e. The van der Waals surface area contributed by atoms with E-state index in [0.717, 1.165) is 30.2 Å². The summed E-state index contributed by atoms with van der Waals surface area (Å²) in [5.74, 6) is -0.498. The molecule has 3 amide bonds. The third-order valence-electron chi connectivity index (χ3n) is 4.94. The first kappa shape index (κ1) is 17.5. The molecular weight excluding hydrogens is 360 g/mol. The fourth-order valence-corrected chi connectivity index (χ4v) is 3.85. The van der Waals surface area contributed by atoms with Gasteiger partial charge in [0.05, 0.1) is 4.91 Å². The molecule has 2 aromatic rings. The molecule has 0 bridgehead atoms. The van der Waals surface area contributed by atoms with Crippen LogP contribution in [-0.4, -0.2) is 23.6 Å². The van der Waals surface area contributed by atoms with E-state index in [0.29, 0.717) is 17.0 Å². The lowest BCUT2D eigenvalue weighted by molar-refractivity contribution is -0.115. The number of nitrogens with one attached hydrogen (secondary N) is 2. The summed E-state index contributed by atoms with van der Waals surface area (Å²) < 4.78 is 0. The first-order chi connectivity index (χ1) is 13.1. The highest BCUT2D eigenvalue weighted by Gasteiger charge is 2.44. The zero-order valence-corrected chi connectivity index (χ0v) is 15.3. The molecular formula is C21H18N2O3S. The van der Waals surface area contributed by atoms with Gasteiger partial charge < -0.3 is 5.32 Å². The normalized spacial score (nSPS) is 19.0. The molecule has 0 unspecified atom stereocenters. The lowest BCUT2D eigenvalue weighted by atomic mass is 9.96. The average molecular weight is 378 g/mol. The molecule has 2 aliphatic rings. The van der Waals surface area contributed by atoms with Crippen molar-refractivity contribution < 1.29 is 14.4 Å². The van der Waals surface area contributed by atoms with Crippen molar-refractivity contribution in [3.63, 3.8) is 0 Å². The number of hydrogen-bond donors (Lipinski definition) is 2. The van der Waals surface area contributed by atoms with E-state index in [-0.39, 0.29) is 22.5 Å². The van der Waals surface area contributed by atoms with Crippen LogP contribution in [0.1, 0.15) is 34.3 Å². The van der Waals surface area contributed by atoms with Crippen molar-refractivity contribution in [2.45, 2.75) is 18.3 Å². The molecule has 0 radical (unpaired) electrons. The second kappa shape index (κ2) is 7.04. The maximum atomic E-state index is 12.5. The van der Waals surface area contributed by atoms with Crippen LogP contribution in [0.2, 0.25) is 0 Å². The van der Waals surface area contributed by atoms with Gasteiger partial charge in [-0.2, -0.15) is 0 Å². The summed E-state index contributed by atoms with van der Waals surface area (Å²) in [6.07, 6.45) is 3.81. The van der Waals surface area contributed by atoms with Gasteiger partial charge in [0.15, 0.2) is 0 Å². The molecule has 27 heavy (non-hydrogen) atoms. The molecule has 136 valence electrons. The van der Waals surface area contributed by atoms with E-state index in [9.17, 15) is 14.4 Å². The molecule has 2 N–H and O–H groups in total. The van der Waals surface area contributed by atoms with E-state index < -0.39 is 0 Å². The van der Waals surface area contributed by atoms with Gasteiger partial charge in [0.25, 0.3) is 17.1 Å². The smallest absolute Gasteiger partial charge is 0.290 e. The zero-order chi connectivity index (χ0) is 18.9. The van der Waals surface area contributed by atoms with Crippen molar-refractivity contribution in [1.82, 2.24) is 10.6 Å². The van der Waals surface area contributed by atoms with E-state index in [1.807, 2.05) is 18.2 Å². The fourth-order valence-electron chi connectivity index (χ4n) is 3.16. The molecule has 1 saturated heterocycles. The first-order valence-corrected chi connectivity index (χ1v) is 9.56. The minimum absolute atomic E-state index is 0.0703. The van der Waals surface area contributed by atoms with E-state index in [2.05, 4.69) is 22.8 Å². The third kappa shape index (κ3) is 3.80. The summed E-state index contributed by atoms with van der Waals surface area (Å²) in [4.78, 5) is 35.6. The molecule has 1 saturated carbocycles. The minimum atomic E-state index is -0.387. The molecule has 1 heterocycles. The van der Waals surface area contributed by atoms with Crippen LogP contribution >= 0.6 is 11.8 Å². The van der Waals surface area contributed by atoms with Crippen LogP contribution < -0.4 is 10.6 Å². The van der Waals surface area contributed by atoms with Gasteiger partial charge in [-0.15, -0.1) is 0 Å². The molecule has 5 nitrogen and oxygen atoms in total. The number of thioether (sulfide) groups is 1. The fraction of sp³-hybridized carbons (Fsp3) is 0.190. The molecule has 1 aliphatic heterocycles. The predicted molar refractivity (Wildman–Crippen MR) is 105 cm³/mol. The first-order valence-electron chi connectivity index (χ1n) is 8.74. The average Bonchev–Trinajstić information content (AvgIpc) is 3.41. The molecule has 6 heteroatoms. The van der Waals surface area contributed by atoms with E-state index in [1.165, 1.54) is 5.56 Å². The van der Waals surface area contributed by atoms with Crippen molar-refractivity contribution in [3.05, 3.63) is 76.2 Å². The summed E-state index contributed by atoms with van der Waals surface area (Å²) in [5.41, 5.74) is 2.68. The monoisotopic (exact) mass is 378 g/mol. The van der Waals surface area contributed by atoms with E-state index in [1.54, 1.807) is 30.3 Å². The summed E-state index contributed by atoms with van der Waals surface area (Å²) in [7, 11) is 0. The second-order valence-electron chi connectivity index (χ2n) is 6.80. The Morgan fingerprint density at radius 2 is 1.78 bits per heavy atom. The Balaban J connectivity index is 1.39. The number of benzene rings is 2. The van der Waals surface area contributed by atoms with Crippen molar-refractivity contribution in [3.8, 4) is 0 Å². The summed E-state index contributed by atoms with van der Waals surface area (Å²) in [5, 5.41) is 4.89. The molecule has 2 fully saturated rings. The Hall–Kier alpha value is -2.86. The maximum Gasteiger partial charge on any atom is 0.290 e. The van der Waals surface area contributed by atoms with Gasteiger partial charge in [-0.25, -0.2) is 0 Å². The van der Waals surface area contributed by atoms with Crippen LogP contribution in [0.5, 0.6) is 0 Å². The highest BCUT2D eigenvalue weighted by molar-refractivity contribution is 8.18. The van der Waals surface area contributed by atoms with Crippen LogP contribution in [0.25, 0.3) is 6.08 Å². The third-order valence-corrected chi connectivity index (χ3v) is 5.75. The topological polar surface area (TPSA) is 75.3 Å². The predicted octanol–water partition coefficient (Wildman–Crippen LogP) is 3.47. The molecule has 1 aliphatic carbocycles. The Labute approximate surface area is 161 Å². The number of carbonyl (C=O) groups is 3. The van der Waals surface area contributed by atoms with Gasteiger partial charge in [-0.3, -0.25) is 19.7 Å². The van der Waals surface area contributed by atoms with Crippen LogP contribution in [0.15, 0.2) is 59.5 Å². The minimum Gasteiger partial charge on any atom is -0.351 e. The number of amides is 3. The summed E-state index contributed by atoms with van der Waals surface area (Å²) >= 11 is 0.877. The van der Waals surface area contributed by atoms with Gasteiger partial charge >= 0.3 is 0 Å². The molecule has 0 spiro atoms. The Morgan fingerprint density at radius 1 is 1.07 bits per heavy atom. The van der Waals surface area contributed by atoms with Crippen LogP contribution in [0.4, 0.5) is 4.79 Å². The maximum absolute atomic E-state index is 12.5. The Morgan fingerprint density at radius 3 is 2.37 bits per heavy atom. The number of imide groups is 1. The standard InChI is InChI=1S/C21H18N2O3S/c24-18(22-13-21(10-11-21)16-4-2-1-3-5-16)15-8-6-14(7-9-15)12-17-19(25)23-20(26)27-17/h1-9,12H,10-11,13H2,(H,22,24)(H,23,25,26)/b17-12+. The van der Waals surface area contributed by atoms with Crippen molar-refractivity contribution in [1.29, 1.82) is 0 Å². The Kier molecular flexibility index (Phi) is 4.58. The molecule has 0 aromatic heterocycles. The SMILES string of the molecule is O=C1NC(=O)/C(=C\c2ccc(C(=O)NCC3(c4ccccc4)CC3)cc2)S1. The molecule has 0 atom stereocenters. The summed E-state index contributed by atoms with van der Waals surface area (Å²) in [6, 6.07) is 17.3. The lowest BCUT2D eigenvalue weighted by Gasteiger charge is -2.16. The number of hydrogen-bond acceptors (Lipinski definition) is 4. The quantitative estimate of drug-likeness (QED) is 0.781. The van der Waals surface area contributed by atoms with Gasteiger partial charge in [0, 0.05) is 17.5 Å². The van der Waals surface area contributed by atoms with Crippen LogP contribution in [0, 0.1) is 0 Å². The van der Waals surface area contributed by atoms with Gasteiger partial charge in [-0.05, 0) is 53.9 Å². The van der Waals surface area contributed by atoms with Gasteiger partial charge in [-0.1, -0.05) is 42.5 Å². The number of rotatable bonds is 5. The van der Waals surface area contributed by atoms with Crippen molar-refractivity contribution in [2.75, 3.05) is 6.54 Å². The lowest BCUT2D eigenvalue weighted by Crippen LogP contribution is -2.32.